The summed E-state index contributed by atoms with van der Waals surface area (Å²) < 4.78 is 0. The van der Waals surface area contributed by atoms with E-state index in [1.165, 1.54) is 12.4 Å². The number of amides is 2. The Morgan fingerprint density at radius 3 is 2.77 bits per heavy atom. The first kappa shape index (κ1) is 17.4. The number of nitrogens with zero attached hydrogens (tertiary/aromatic N) is 5. The third-order valence-corrected chi connectivity index (χ3v) is 6.05. The minimum atomic E-state index is -0.252. The number of likely N-dealkylation sites (tertiary alicyclic amines) is 1. The largest absolute Gasteiger partial charge is 0.334 e. The molecule has 4 rings (SSSR count). The summed E-state index contributed by atoms with van der Waals surface area (Å²) in [7, 11) is 1.95. The highest BCUT2D eigenvalue weighted by Gasteiger charge is 2.49. The van der Waals surface area contributed by atoms with Gasteiger partial charge in [-0.15, -0.1) is 0 Å². The quantitative estimate of drug-likeness (QED) is 0.780. The molecule has 1 atom stereocenters. The minimum Gasteiger partial charge on any atom is -0.334 e. The van der Waals surface area contributed by atoms with Crippen LogP contribution in [-0.4, -0.2) is 70.3 Å². The van der Waals surface area contributed by atoms with Gasteiger partial charge in [-0.3, -0.25) is 14.5 Å². The van der Waals surface area contributed by atoms with E-state index in [2.05, 4.69) is 14.9 Å². The van der Waals surface area contributed by atoms with Gasteiger partial charge in [0.1, 0.15) is 0 Å². The van der Waals surface area contributed by atoms with E-state index in [0.29, 0.717) is 31.2 Å². The summed E-state index contributed by atoms with van der Waals surface area (Å²) in [5.41, 5.74) is 0.677. The molecule has 2 amide bonds. The number of likely N-dealkylation sites (N-methyl/N-ethyl adjacent to an activating group) is 1. The minimum absolute atomic E-state index is 0.0855. The summed E-state index contributed by atoms with van der Waals surface area (Å²) in [6.07, 6.45) is 3.66. The van der Waals surface area contributed by atoms with Crippen LogP contribution in [0, 0.1) is 0 Å². The topological polar surface area (TPSA) is 69.6 Å². The predicted octanol–water partition coefficient (Wildman–Crippen LogP) is 1.75. The summed E-state index contributed by atoms with van der Waals surface area (Å²) in [5, 5.41) is 4.35. The molecular formula is C17H18ClN5O2S. The van der Waals surface area contributed by atoms with E-state index in [1.807, 2.05) is 28.8 Å². The van der Waals surface area contributed by atoms with Crippen LogP contribution in [0.15, 0.2) is 29.2 Å². The van der Waals surface area contributed by atoms with Crippen LogP contribution in [0.2, 0.25) is 5.02 Å². The van der Waals surface area contributed by atoms with Crippen LogP contribution in [0.3, 0.4) is 0 Å². The first-order valence-electron chi connectivity index (χ1n) is 8.29. The first-order chi connectivity index (χ1) is 12.5. The fourth-order valence-corrected chi connectivity index (χ4v) is 4.38. The zero-order valence-corrected chi connectivity index (χ0v) is 15.8. The lowest BCUT2D eigenvalue weighted by atomic mass is 9.93. The summed E-state index contributed by atoms with van der Waals surface area (Å²) in [5.74, 6) is 0.0314. The van der Waals surface area contributed by atoms with Gasteiger partial charge in [0.25, 0.3) is 5.91 Å². The van der Waals surface area contributed by atoms with E-state index in [1.54, 1.807) is 16.2 Å². The van der Waals surface area contributed by atoms with Gasteiger partial charge >= 0.3 is 0 Å². The van der Waals surface area contributed by atoms with Crippen molar-refractivity contribution in [3.8, 4) is 0 Å². The van der Waals surface area contributed by atoms with E-state index in [9.17, 15) is 9.59 Å². The van der Waals surface area contributed by atoms with Gasteiger partial charge in [-0.1, -0.05) is 11.6 Å². The lowest BCUT2D eigenvalue weighted by molar-refractivity contribution is -0.123. The Hall–Kier alpha value is -2.03. The number of anilines is 1. The van der Waals surface area contributed by atoms with Crippen LogP contribution in [0.1, 0.15) is 17.0 Å². The molecule has 0 bridgehead atoms. The molecule has 0 aromatic carbocycles. The smallest absolute Gasteiger partial charge is 0.291 e. The van der Waals surface area contributed by atoms with Crippen LogP contribution in [-0.2, 0) is 4.79 Å². The van der Waals surface area contributed by atoms with Gasteiger partial charge in [-0.25, -0.2) is 9.97 Å². The van der Waals surface area contributed by atoms with Crippen LogP contribution in [0.5, 0.6) is 0 Å². The second-order valence-electron chi connectivity index (χ2n) is 6.74. The van der Waals surface area contributed by atoms with Crippen molar-refractivity contribution in [3.05, 3.63) is 40.1 Å². The Labute approximate surface area is 160 Å². The van der Waals surface area contributed by atoms with Crippen molar-refractivity contribution in [3.63, 3.8) is 0 Å². The number of halogens is 1. The maximum atomic E-state index is 12.7. The molecule has 2 aliphatic rings. The van der Waals surface area contributed by atoms with E-state index in [-0.39, 0.29) is 23.2 Å². The molecule has 26 heavy (non-hydrogen) atoms. The maximum Gasteiger partial charge on any atom is 0.291 e. The van der Waals surface area contributed by atoms with E-state index < -0.39 is 0 Å². The predicted molar refractivity (Wildman–Crippen MR) is 99.6 cm³/mol. The van der Waals surface area contributed by atoms with Crippen LogP contribution in [0.4, 0.5) is 5.69 Å². The Kier molecular flexibility index (Phi) is 4.42. The molecule has 2 aliphatic heterocycles. The Morgan fingerprint density at radius 2 is 2.08 bits per heavy atom. The zero-order chi connectivity index (χ0) is 18.3. The van der Waals surface area contributed by atoms with Crippen LogP contribution >= 0.6 is 22.9 Å². The lowest BCUT2D eigenvalue weighted by Gasteiger charge is -2.46. The second-order valence-corrected chi connectivity index (χ2v) is 7.96. The van der Waals surface area contributed by atoms with Crippen molar-refractivity contribution in [2.75, 3.05) is 38.1 Å². The molecule has 1 spiro atoms. The van der Waals surface area contributed by atoms with Crippen molar-refractivity contribution in [2.24, 2.45) is 0 Å². The number of thiophene rings is 1. The summed E-state index contributed by atoms with van der Waals surface area (Å²) >= 11 is 7.37. The molecule has 4 heterocycles. The average Bonchev–Trinajstić information content (AvgIpc) is 3.29. The van der Waals surface area contributed by atoms with Crippen molar-refractivity contribution < 1.29 is 9.59 Å². The molecule has 0 N–H and O–H groups in total. The standard InChI is InChI=1S/C17H18ClN5O2S/c1-21-8-14(24)23(13-2-5-26-9-13)11-17(21)3-4-22(10-17)16(25)15-19-6-12(18)7-20-15/h2,5-7,9H,3-4,8,10-11H2,1H3. The number of carbonyl (C=O) groups excluding carboxylic acids is 2. The average molecular weight is 392 g/mol. The van der Waals surface area contributed by atoms with Gasteiger partial charge in [-0.05, 0) is 24.9 Å². The third-order valence-electron chi connectivity index (χ3n) is 5.18. The van der Waals surface area contributed by atoms with Crippen molar-refractivity contribution in [2.45, 2.75) is 12.0 Å². The fourth-order valence-electron chi connectivity index (χ4n) is 3.64. The summed E-state index contributed by atoms with van der Waals surface area (Å²) in [4.78, 5) is 39.0. The summed E-state index contributed by atoms with van der Waals surface area (Å²) in [6.45, 7) is 2.07. The highest BCUT2D eigenvalue weighted by atomic mass is 35.5. The molecule has 2 aromatic rings. The molecule has 1 unspecified atom stereocenters. The number of aromatic nitrogens is 2. The maximum absolute atomic E-state index is 12.7. The van der Waals surface area contributed by atoms with Gasteiger partial charge in [0.05, 0.1) is 22.8 Å². The van der Waals surface area contributed by atoms with Gasteiger partial charge in [0.15, 0.2) is 0 Å². The van der Waals surface area contributed by atoms with Crippen LogP contribution < -0.4 is 4.90 Å². The van der Waals surface area contributed by atoms with Crippen LogP contribution in [0.25, 0.3) is 0 Å². The highest BCUT2D eigenvalue weighted by molar-refractivity contribution is 7.08. The summed E-state index contributed by atoms with van der Waals surface area (Å²) in [6, 6.07) is 1.96. The number of hydrogen-bond donors (Lipinski definition) is 0. The molecule has 0 saturated carbocycles. The molecular weight excluding hydrogens is 374 g/mol. The van der Waals surface area contributed by atoms with Gasteiger partial charge in [-0.2, -0.15) is 11.3 Å². The molecule has 9 heteroatoms. The first-order valence-corrected chi connectivity index (χ1v) is 9.61. The van der Waals surface area contributed by atoms with Gasteiger partial charge in [0, 0.05) is 37.4 Å². The number of piperazine rings is 1. The molecule has 0 aliphatic carbocycles. The normalized spacial score (nSPS) is 23.8. The Morgan fingerprint density at radius 1 is 1.31 bits per heavy atom. The zero-order valence-electron chi connectivity index (χ0n) is 14.3. The Balaban J connectivity index is 1.54. The molecule has 2 aromatic heterocycles. The molecule has 2 fully saturated rings. The Bertz CT molecular complexity index is 828. The highest BCUT2D eigenvalue weighted by Crippen LogP contribution is 2.34. The van der Waals surface area contributed by atoms with E-state index in [0.717, 1.165) is 12.1 Å². The SMILES string of the molecule is CN1CC(=O)N(c2ccsc2)CC12CCN(C(=O)c1ncc(Cl)cn1)C2. The van der Waals surface area contributed by atoms with Gasteiger partial charge in [0.2, 0.25) is 11.7 Å². The molecule has 0 radical (unpaired) electrons. The lowest BCUT2D eigenvalue weighted by Crippen LogP contribution is -2.64. The third kappa shape index (κ3) is 2.98. The fraction of sp³-hybridized carbons (Fsp3) is 0.412. The molecule has 2 saturated heterocycles. The second kappa shape index (κ2) is 6.61. The van der Waals surface area contributed by atoms with Crippen molar-refractivity contribution in [1.29, 1.82) is 0 Å². The molecule has 136 valence electrons. The van der Waals surface area contributed by atoms with Gasteiger partial charge < -0.3 is 9.80 Å². The number of hydrogen-bond acceptors (Lipinski definition) is 6. The molecule has 7 nitrogen and oxygen atoms in total. The van der Waals surface area contributed by atoms with E-state index in [4.69, 9.17) is 11.6 Å². The van der Waals surface area contributed by atoms with Crippen molar-refractivity contribution >= 4 is 40.4 Å². The number of rotatable bonds is 2. The number of carbonyl (C=O) groups is 2. The van der Waals surface area contributed by atoms with E-state index >= 15 is 0 Å². The monoisotopic (exact) mass is 391 g/mol. The van der Waals surface area contributed by atoms with Crippen molar-refractivity contribution in [1.82, 2.24) is 19.8 Å².